The summed E-state index contributed by atoms with van der Waals surface area (Å²) in [5.41, 5.74) is 0. The van der Waals surface area contributed by atoms with Gasteiger partial charge in [-0.05, 0) is 38.1 Å². The highest BCUT2D eigenvalue weighted by molar-refractivity contribution is 4.62. The Bertz CT molecular complexity index is 161. The van der Waals surface area contributed by atoms with E-state index >= 15 is 0 Å². The van der Waals surface area contributed by atoms with Gasteiger partial charge in [-0.3, -0.25) is 0 Å². The van der Waals surface area contributed by atoms with Gasteiger partial charge < -0.3 is 19.5 Å². The summed E-state index contributed by atoms with van der Waals surface area (Å²) in [6.07, 6.45) is 4.65. The van der Waals surface area contributed by atoms with E-state index in [2.05, 4.69) is 5.32 Å². The monoisotopic (exact) mass is 245 g/mol. The molecule has 0 amide bonds. The predicted octanol–water partition coefficient (Wildman–Crippen LogP) is 1.45. The van der Waals surface area contributed by atoms with Gasteiger partial charge in [0.15, 0.2) is 0 Å². The molecule has 0 unspecified atom stereocenters. The van der Waals surface area contributed by atoms with Crippen LogP contribution in [0.1, 0.15) is 25.7 Å². The number of methoxy groups -OCH3 is 1. The molecule has 102 valence electrons. The lowest BCUT2D eigenvalue weighted by molar-refractivity contribution is 0.0199. The Kier molecular flexibility index (Phi) is 9.61. The summed E-state index contributed by atoms with van der Waals surface area (Å²) in [5.74, 6) is 0.726. The van der Waals surface area contributed by atoms with Gasteiger partial charge in [-0.1, -0.05) is 0 Å². The van der Waals surface area contributed by atoms with Crippen LogP contribution in [0.2, 0.25) is 0 Å². The van der Waals surface area contributed by atoms with Crippen LogP contribution < -0.4 is 5.32 Å². The van der Waals surface area contributed by atoms with Crippen LogP contribution >= 0.6 is 0 Å². The molecule has 17 heavy (non-hydrogen) atoms. The van der Waals surface area contributed by atoms with E-state index in [1.165, 1.54) is 19.3 Å². The summed E-state index contributed by atoms with van der Waals surface area (Å²) < 4.78 is 16.0. The largest absolute Gasteiger partial charge is 0.383 e. The maximum atomic E-state index is 5.69. The molecule has 0 aromatic carbocycles. The molecule has 4 heteroatoms. The second kappa shape index (κ2) is 11.0. The van der Waals surface area contributed by atoms with E-state index in [1.807, 2.05) is 0 Å². The number of unbranched alkanes of at least 4 members (excludes halogenated alkanes) is 1. The van der Waals surface area contributed by atoms with Crippen molar-refractivity contribution in [1.29, 1.82) is 0 Å². The Morgan fingerprint density at radius 3 is 2.71 bits per heavy atom. The third kappa shape index (κ3) is 8.55. The lowest BCUT2D eigenvalue weighted by Gasteiger charge is -2.21. The summed E-state index contributed by atoms with van der Waals surface area (Å²) >= 11 is 0. The Hall–Kier alpha value is -0.160. The van der Waals surface area contributed by atoms with E-state index in [-0.39, 0.29) is 0 Å². The van der Waals surface area contributed by atoms with Crippen LogP contribution in [-0.2, 0) is 14.2 Å². The molecule has 1 saturated heterocycles. The molecule has 0 spiro atoms. The number of hydrogen-bond donors (Lipinski definition) is 1. The van der Waals surface area contributed by atoms with Crippen LogP contribution in [0.15, 0.2) is 0 Å². The maximum Gasteiger partial charge on any atom is 0.0587 e. The summed E-state index contributed by atoms with van der Waals surface area (Å²) in [4.78, 5) is 0. The molecule has 1 fully saturated rings. The second-order valence-corrected chi connectivity index (χ2v) is 4.58. The van der Waals surface area contributed by atoms with Gasteiger partial charge >= 0.3 is 0 Å². The third-order valence-electron chi connectivity index (χ3n) is 3.07. The molecule has 1 heterocycles. The Morgan fingerprint density at radius 2 is 1.94 bits per heavy atom. The summed E-state index contributed by atoms with van der Waals surface area (Å²) in [6.45, 7) is 6.43. The fourth-order valence-electron chi connectivity index (χ4n) is 1.92. The molecule has 0 aromatic heterocycles. The lowest BCUT2D eigenvalue weighted by Crippen LogP contribution is -2.21. The summed E-state index contributed by atoms with van der Waals surface area (Å²) in [5, 5.41) is 3.33. The van der Waals surface area contributed by atoms with Gasteiger partial charge in [-0.15, -0.1) is 0 Å². The van der Waals surface area contributed by atoms with Crippen molar-refractivity contribution in [3.8, 4) is 0 Å². The molecule has 0 bridgehead atoms. The fraction of sp³-hybridized carbons (Fsp3) is 1.00. The number of rotatable bonds is 10. The zero-order valence-electron chi connectivity index (χ0n) is 11.1. The van der Waals surface area contributed by atoms with Crippen LogP contribution in [0.3, 0.4) is 0 Å². The van der Waals surface area contributed by atoms with Crippen molar-refractivity contribution in [1.82, 2.24) is 5.32 Å². The fourth-order valence-corrected chi connectivity index (χ4v) is 1.92. The average Bonchev–Trinajstić information content (AvgIpc) is 2.38. The first kappa shape index (κ1) is 14.9. The standard InChI is InChI=1S/C13H27NO3/c1-15-11-7-14-6-2-3-8-17-12-13-4-9-16-10-5-13/h13-14H,2-12H2,1H3. The van der Waals surface area contributed by atoms with E-state index in [9.17, 15) is 0 Å². The van der Waals surface area contributed by atoms with Crippen LogP contribution in [0.4, 0.5) is 0 Å². The molecule has 4 nitrogen and oxygen atoms in total. The zero-order valence-corrected chi connectivity index (χ0v) is 11.1. The predicted molar refractivity (Wildman–Crippen MR) is 68.3 cm³/mol. The van der Waals surface area contributed by atoms with Crippen molar-refractivity contribution in [3.05, 3.63) is 0 Å². The van der Waals surface area contributed by atoms with E-state index in [0.717, 1.165) is 58.5 Å². The maximum absolute atomic E-state index is 5.69. The molecule has 0 atom stereocenters. The molecule has 1 N–H and O–H groups in total. The van der Waals surface area contributed by atoms with Crippen LogP contribution in [0.25, 0.3) is 0 Å². The van der Waals surface area contributed by atoms with Crippen LogP contribution in [0, 0.1) is 5.92 Å². The van der Waals surface area contributed by atoms with E-state index in [0.29, 0.717) is 0 Å². The Balaban J connectivity index is 1.75. The zero-order chi connectivity index (χ0) is 12.2. The summed E-state index contributed by atoms with van der Waals surface area (Å²) in [7, 11) is 1.73. The number of ether oxygens (including phenoxy) is 3. The average molecular weight is 245 g/mol. The van der Waals surface area contributed by atoms with Crippen molar-refractivity contribution in [2.75, 3.05) is 53.2 Å². The molecular formula is C13H27NO3. The van der Waals surface area contributed by atoms with Crippen molar-refractivity contribution in [2.45, 2.75) is 25.7 Å². The highest BCUT2D eigenvalue weighted by Crippen LogP contribution is 2.14. The third-order valence-corrected chi connectivity index (χ3v) is 3.07. The van der Waals surface area contributed by atoms with Gasteiger partial charge in [0, 0.05) is 40.1 Å². The molecule has 0 aromatic rings. The topological polar surface area (TPSA) is 39.7 Å². The minimum Gasteiger partial charge on any atom is -0.383 e. The van der Waals surface area contributed by atoms with Gasteiger partial charge in [0.1, 0.15) is 0 Å². The molecular weight excluding hydrogens is 218 g/mol. The van der Waals surface area contributed by atoms with E-state index in [4.69, 9.17) is 14.2 Å². The van der Waals surface area contributed by atoms with Gasteiger partial charge in [-0.25, -0.2) is 0 Å². The molecule has 0 radical (unpaired) electrons. The highest BCUT2D eigenvalue weighted by atomic mass is 16.5. The summed E-state index contributed by atoms with van der Waals surface area (Å²) in [6, 6.07) is 0. The smallest absolute Gasteiger partial charge is 0.0587 e. The van der Waals surface area contributed by atoms with Crippen molar-refractivity contribution in [2.24, 2.45) is 5.92 Å². The normalized spacial score (nSPS) is 17.5. The van der Waals surface area contributed by atoms with Gasteiger partial charge in [0.25, 0.3) is 0 Å². The molecule has 1 rings (SSSR count). The molecule has 1 aliphatic rings. The first-order valence-corrected chi connectivity index (χ1v) is 6.78. The number of hydrogen-bond acceptors (Lipinski definition) is 4. The van der Waals surface area contributed by atoms with Crippen molar-refractivity contribution >= 4 is 0 Å². The van der Waals surface area contributed by atoms with Crippen molar-refractivity contribution in [3.63, 3.8) is 0 Å². The van der Waals surface area contributed by atoms with Crippen LogP contribution in [0.5, 0.6) is 0 Å². The second-order valence-electron chi connectivity index (χ2n) is 4.58. The molecule has 0 saturated carbocycles. The van der Waals surface area contributed by atoms with Gasteiger partial charge in [0.2, 0.25) is 0 Å². The number of nitrogens with one attached hydrogen (secondary N) is 1. The Labute approximate surface area is 105 Å². The van der Waals surface area contributed by atoms with Gasteiger partial charge in [0.05, 0.1) is 6.61 Å². The lowest BCUT2D eigenvalue weighted by atomic mass is 10.0. The minimum atomic E-state index is 0.726. The SMILES string of the molecule is COCCNCCCCOCC1CCOCC1. The first-order chi connectivity index (χ1) is 8.43. The van der Waals surface area contributed by atoms with Gasteiger partial charge in [-0.2, -0.15) is 0 Å². The van der Waals surface area contributed by atoms with Crippen LogP contribution in [-0.4, -0.2) is 53.2 Å². The van der Waals surface area contributed by atoms with Crippen molar-refractivity contribution < 1.29 is 14.2 Å². The van der Waals surface area contributed by atoms with E-state index < -0.39 is 0 Å². The van der Waals surface area contributed by atoms with E-state index in [1.54, 1.807) is 7.11 Å². The Morgan fingerprint density at radius 1 is 1.12 bits per heavy atom. The quantitative estimate of drug-likeness (QED) is 0.591. The minimum absolute atomic E-state index is 0.726. The first-order valence-electron chi connectivity index (χ1n) is 6.78. The highest BCUT2D eigenvalue weighted by Gasteiger charge is 2.13. The molecule has 1 aliphatic heterocycles. The molecule has 0 aliphatic carbocycles.